The molecule has 11 heteroatoms. The summed E-state index contributed by atoms with van der Waals surface area (Å²) in [5.41, 5.74) is -1.52. The van der Waals surface area contributed by atoms with Gasteiger partial charge in [0.15, 0.2) is 9.84 Å². The first-order valence-corrected chi connectivity index (χ1v) is 12.1. The van der Waals surface area contributed by atoms with E-state index in [1.54, 1.807) is 20.8 Å². The minimum absolute atomic E-state index is 0.201. The highest BCUT2D eigenvalue weighted by molar-refractivity contribution is 7.91. The van der Waals surface area contributed by atoms with E-state index < -0.39 is 44.8 Å². The first-order valence-electron chi connectivity index (χ1n) is 10.1. The number of esters is 1. The van der Waals surface area contributed by atoms with Crippen LogP contribution in [0.4, 0.5) is 18.9 Å². The fourth-order valence-electron chi connectivity index (χ4n) is 2.79. The lowest BCUT2D eigenvalue weighted by Crippen LogP contribution is -2.31. The maximum absolute atomic E-state index is 13.2. The van der Waals surface area contributed by atoms with E-state index in [-0.39, 0.29) is 17.7 Å². The number of amides is 1. The molecule has 0 atom stereocenters. The molecule has 1 amide bonds. The van der Waals surface area contributed by atoms with E-state index in [0.717, 1.165) is 24.5 Å². The van der Waals surface area contributed by atoms with E-state index in [2.05, 4.69) is 0 Å². The monoisotopic (exact) mass is 501 g/mol. The molecule has 186 valence electrons. The number of halogens is 3. The predicted octanol–water partition coefficient (Wildman–Crippen LogP) is 4.25. The predicted molar refractivity (Wildman–Crippen MR) is 121 cm³/mol. The minimum Gasteiger partial charge on any atom is -0.489 e. The highest BCUT2D eigenvalue weighted by Crippen LogP contribution is 2.31. The van der Waals surface area contributed by atoms with Crippen LogP contribution in [0.25, 0.3) is 0 Å². The molecule has 0 bridgehead atoms. The summed E-state index contributed by atoms with van der Waals surface area (Å²) >= 11 is 0. The van der Waals surface area contributed by atoms with Crippen LogP contribution < -0.4 is 9.64 Å². The maximum atomic E-state index is 13.2. The Kier molecular flexibility index (Phi) is 8.02. The van der Waals surface area contributed by atoms with Crippen LogP contribution in [-0.4, -0.2) is 45.0 Å². The maximum Gasteiger partial charge on any atom is 0.416 e. The van der Waals surface area contributed by atoms with E-state index in [1.165, 1.54) is 36.2 Å². The first-order chi connectivity index (χ1) is 15.5. The fourth-order valence-corrected chi connectivity index (χ4v) is 3.44. The molecule has 2 aromatic rings. The van der Waals surface area contributed by atoms with Crippen molar-refractivity contribution in [2.24, 2.45) is 0 Å². The fraction of sp³-hybridized carbons (Fsp3) is 0.391. The zero-order valence-electron chi connectivity index (χ0n) is 19.4. The Morgan fingerprint density at radius 1 is 1.00 bits per heavy atom. The second-order valence-corrected chi connectivity index (χ2v) is 10.8. The van der Waals surface area contributed by atoms with Gasteiger partial charge in [0.05, 0.1) is 11.1 Å². The van der Waals surface area contributed by atoms with Gasteiger partial charge in [-0.25, -0.2) is 13.2 Å². The van der Waals surface area contributed by atoms with Crippen LogP contribution in [0, 0.1) is 0 Å². The number of carbonyl (C=O) groups excluding carboxylic acids is 2. The molecule has 0 fully saturated rings. The Morgan fingerprint density at radius 3 is 2.09 bits per heavy atom. The Bertz CT molecular complexity index is 1150. The zero-order valence-corrected chi connectivity index (χ0v) is 20.2. The number of nitrogens with zero attached hydrogens (tertiary/aromatic N) is 1. The molecule has 2 aromatic carbocycles. The molecular formula is C23H26F3NO6S. The summed E-state index contributed by atoms with van der Waals surface area (Å²) in [6.45, 7) is 4.60. The molecule has 0 N–H and O–H groups in total. The van der Waals surface area contributed by atoms with Gasteiger partial charge < -0.3 is 14.4 Å². The van der Waals surface area contributed by atoms with Gasteiger partial charge in [0.1, 0.15) is 23.7 Å². The summed E-state index contributed by atoms with van der Waals surface area (Å²) in [4.78, 5) is 25.8. The van der Waals surface area contributed by atoms with E-state index in [0.29, 0.717) is 11.4 Å². The van der Waals surface area contributed by atoms with Crippen LogP contribution in [0.2, 0.25) is 0 Å². The summed E-state index contributed by atoms with van der Waals surface area (Å²) < 4.78 is 73.0. The van der Waals surface area contributed by atoms with Crippen LogP contribution >= 0.6 is 0 Å². The van der Waals surface area contributed by atoms with Crippen molar-refractivity contribution in [2.75, 3.05) is 24.0 Å². The van der Waals surface area contributed by atoms with Gasteiger partial charge in [-0.15, -0.1) is 0 Å². The van der Waals surface area contributed by atoms with Crippen LogP contribution in [-0.2, 0) is 32.2 Å². The summed E-state index contributed by atoms with van der Waals surface area (Å²) in [5.74, 6) is -1.83. The number of ether oxygens (including phenoxy) is 2. The zero-order chi connectivity index (χ0) is 25.9. The summed E-state index contributed by atoms with van der Waals surface area (Å²) in [6, 6.07) is 8.83. The highest BCUT2D eigenvalue weighted by Gasteiger charge is 2.32. The molecule has 0 radical (unpaired) electrons. The number of benzene rings is 2. The van der Waals surface area contributed by atoms with Crippen molar-refractivity contribution in [1.29, 1.82) is 0 Å². The number of hydrogen-bond donors (Lipinski definition) is 0. The number of anilines is 1. The second-order valence-electron chi connectivity index (χ2n) is 8.68. The van der Waals surface area contributed by atoms with E-state index in [1.807, 2.05) is 0 Å². The van der Waals surface area contributed by atoms with Gasteiger partial charge in [-0.05, 0) is 57.2 Å². The lowest BCUT2D eigenvalue weighted by molar-refractivity contribution is -0.137. The highest BCUT2D eigenvalue weighted by atomic mass is 32.2. The summed E-state index contributed by atoms with van der Waals surface area (Å²) in [6.07, 6.45) is -3.67. The number of sulfone groups is 1. The third kappa shape index (κ3) is 8.05. The molecule has 0 heterocycles. The Morgan fingerprint density at radius 2 is 1.59 bits per heavy atom. The van der Waals surface area contributed by atoms with Crippen molar-refractivity contribution < 1.29 is 40.7 Å². The van der Waals surface area contributed by atoms with E-state index in [4.69, 9.17) is 9.47 Å². The average Bonchev–Trinajstić information content (AvgIpc) is 2.68. The minimum atomic E-state index is -4.63. The van der Waals surface area contributed by atoms with Crippen molar-refractivity contribution in [1.82, 2.24) is 0 Å². The first kappa shape index (κ1) is 27.2. The van der Waals surface area contributed by atoms with Crippen molar-refractivity contribution in [2.45, 2.75) is 39.2 Å². The number of rotatable bonds is 7. The summed E-state index contributed by atoms with van der Waals surface area (Å²) in [5, 5.41) is 0. The Balaban J connectivity index is 2.21. The standard InChI is InChI=1S/C23H26F3NO6S/c1-22(2,3)33-21(29)19-12-16(23(24,25)26)7-6-15(19)13-32-18-10-8-17(9-11-18)27(4)20(28)14-34(5,30)31/h6-12H,13-14H2,1-5H3. The smallest absolute Gasteiger partial charge is 0.416 e. The van der Waals surface area contributed by atoms with Gasteiger partial charge in [0.25, 0.3) is 0 Å². The van der Waals surface area contributed by atoms with Gasteiger partial charge >= 0.3 is 12.1 Å². The largest absolute Gasteiger partial charge is 0.489 e. The molecular weight excluding hydrogens is 475 g/mol. The molecule has 34 heavy (non-hydrogen) atoms. The average molecular weight is 502 g/mol. The molecule has 0 spiro atoms. The van der Waals surface area contributed by atoms with Gasteiger partial charge in [-0.1, -0.05) is 6.07 Å². The van der Waals surface area contributed by atoms with Crippen LogP contribution in [0.3, 0.4) is 0 Å². The molecule has 2 rings (SSSR count). The van der Waals surface area contributed by atoms with Gasteiger partial charge in [-0.3, -0.25) is 4.79 Å². The molecule has 0 unspecified atom stereocenters. The third-order valence-electron chi connectivity index (χ3n) is 4.43. The molecule has 0 aliphatic rings. The second kappa shape index (κ2) is 10.0. The number of hydrogen-bond acceptors (Lipinski definition) is 6. The van der Waals surface area contributed by atoms with E-state index in [9.17, 15) is 31.2 Å². The Hall–Kier alpha value is -3.08. The van der Waals surface area contributed by atoms with Crippen LogP contribution in [0.5, 0.6) is 5.75 Å². The van der Waals surface area contributed by atoms with Crippen LogP contribution in [0.15, 0.2) is 42.5 Å². The van der Waals surface area contributed by atoms with Gasteiger partial charge in [0.2, 0.25) is 5.91 Å². The molecule has 0 saturated heterocycles. The molecule has 0 aliphatic heterocycles. The molecule has 0 aromatic heterocycles. The summed E-state index contributed by atoms with van der Waals surface area (Å²) in [7, 11) is -2.05. The molecule has 0 saturated carbocycles. The Labute approximate surface area is 196 Å². The lowest BCUT2D eigenvalue weighted by atomic mass is 10.0. The SMILES string of the molecule is CN(C(=O)CS(C)(=O)=O)c1ccc(OCc2ccc(C(F)(F)F)cc2C(=O)OC(C)(C)C)cc1. The van der Waals surface area contributed by atoms with Crippen LogP contribution in [0.1, 0.15) is 42.3 Å². The quantitative estimate of drug-likeness (QED) is 0.527. The number of carbonyl (C=O) groups is 2. The van der Waals surface area contributed by atoms with E-state index >= 15 is 0 Å². The van der Waals surface area contributed by atoms with Gasteiger partial charge in [0, 0.05) is 24.6 Å². The van der Waals surface area contributed by atoms with Crippen molar-refractivity contribution in [3.63, 3.8) is 0 Å². The third-order valence-corrected chi connectivity index (χ3v) is 5.21. The lowest BCUT2D eigenvalue weighted by Gasteiger charge is -2.21. The van der Waals surface area contributed by atoms with Crippen molar-refractivity contribution in [3.05, 3.63) is 59.2 Å². The number of alkyl halides is 3. The normalized spacial score (nSPS) is 12.2. The van der Waals surface area contributed by atoms with Gasteiger partial charge in [-0.2, -0.15) is 13.2 Å². The topological polar surface area (TPSA) is 90.0 Å². The molecule has 0 aliphatic carbocycles. The van der Waals surface area contributed by atoms with Crippen molar-refractivity contribution in [3.8, 4) is 5.75 Å². The van der Waals surface area contributed by atoms with Crippen molar-refractivity contribution >= 4 is 27.4 Å². The molecule has 7 nitrogen and oxygen atoms in total.